The first-order chi connectivity index (χ1) is 14.6. The molecule has 1 saturated heterocycles. The van der Waals surface area contributed by atoms with Crippen LogP contribution in [0.15, 0.2) is 59.4 Å². The van der Waals surface area contributed by atoms with E-state index in [1.807, 2.05) is 35.2 Å². The topological polar surface area (TPSA) is 69.4 Å². The second-order valence-corrected chi connectivity index (χ2v) is 7.65. The van der Waals surface area contributed by atoms with Crippen LogP contribution < -0.4 is 10.4 Å². The van der Waals surface area contributed by atoms with Gasteiger partial charge in [0.2, 0.25) is 0 Å². The minimum absolute atomic E-state index is 0.00441. The summed E-state index contributed by atoms with van der Waals surface area (Å²) in [5.41, 5.74) is 1.56. The maximum atomic E-state index is 13.0. The molecular weight excluding hydrogens is 380 g/mol. The van der Waals surface area contributed by atoms with Crippen LogP contribution in [0.25, 0.3) is 0 Å². The fourth-order valence-corrected chi connectivity index (χ4v) is 4.03. The molecule has 1 fully saturated rings. The third-order valence-electron chi connectivity index (χ3n) is 5.63. The van der Waals surface area contributed by atoms with Crippen molar-refractivity contribution in [1.82, 2.24) is 19.2 Å². The molecule has 0 spiro atoms. The smallest absolute Gasteiger partial charge is 0.345 e. The van der Waals surface area contributed by atoms with Gasteiger partial charge in [-0.05, 0) is 42.7 Å². The van der Waals surface area contributed by atoms with Gasteiger partial charge in [0, 0.05) is 31.6 Å². The molecule has 7 nitrogen and oxygen atoms in total. The van der Waals surface area contributed by atoms with Crippen LogP contribution in [0.2, 0.25) is 0 Å². The molecule has 0 saturated carbocycles. The summed E-state index contributed by atoms with van der Waals surface area (Å²) in [4.78, 5) is 27.6. The number of piperidine rings is 1. The lowest BCUT2D eigenvalue weighted by atomic mass is 9.96. The van der Waals surface area contributed by atoms with Crippen LogP contribution >= 0.6 is 0 Å². The number of hydrogen-bond donors (Lipinski definition) is 0. The molecule has 2 aromatic carbocycles. The molecule has 1 atom stereocenters. The van der Waals surface area contributed by atoms with Crippen LogP contribution in [0.1, 0.15) is 40.5 Å². The Morgan fingerprint density at radius 2 is 1.87 bits per heavy atom. The minimum Gasteiger partial charge on any atom is -0.497 e. The molecule has 0 aliphatic carbocycles. The summed E-state index contributed by atoms with van der Waals surface area (Å²) in [6.07, 6.45) is 1.78. The number of nitrogens with zero attached hydrogens (tertiary/aromatic N) is 4. The van der Waals surface area contributed by atoms with Gasteiger partial charge in [-0.15, -0.1) is 0 Å². The molecule has 4 rings (SSSR count). The van der Waals surface area contributed by atoms with E-state index in [1.165, 1.54) is 4.68 Å². The Kier molecular flexibility index (Phi) is 5.70. The van der Waals surface area contributed by atoms with Crippen molar-refractivity contribution in [2.45, 2.75) is 25.3 Å². The second kappa shape index (κ2) is 8.57. The van der Waals surface area contributed by atoms with E-state index in [2.05, 4.69) is 5.10 Å². The third kappa shape index (κ3) is 4.01. The van der Waals surface area contributed by atoms with E-state index in [9.17, 15) is 9.59 Å². The van der Waals surface area contributed by atoms with Crippen LogP contribution in [0.5, 0.6) is 5.75 Å². The highest BCUT2D eigenvalue weighted by molar-refractivity contribution is 5.94. The molecule has 30 heavy (non-hydrogen) atoms. The minimum atomic E-state index is -0.132. The van der Waals surface area contributed by atoms with E-state index in [-0.39, 0.29) is 17.5 Å². The zero-order valence-corrected chi connectivity index (χ0v) is 17.3. The van der Waals surface area contributed by atoms with Crippen molar-refractivity contribution in [3.05, 3.63) is 82.0 Å². The van der Waals surface area contributed by atoms with Gasteiger partial charge in [0.1, 0.15) is 11.6 Å². The highest BCUT2D eigenvalue weighted by Gasteiger charge is 2.29. The fourth-order valence-electron chi connectivity index (χ4n) is 4.03. The molecule has 2 heterocycles. The van der Waals surface area contributed by atoms with Gasteiger partial charge < -0.3 is 9.64 Å². The number of amides is 1. The zero-order valence-electron chi connectivity index (χ0n) is 17.3. The number of methoxy groups -OCH3 is 1. The van der Waals surface area contributed by atoms with Gasteiger partial charge in [-0.2, -0.15) is 5.10 Å². The Labute approximate surface area is 175 Å². The summed E-state index contributed by atoms with van der Waals surface area (Å²) in [5.74, 6) is 1.49. The lowest BCUT2D eigenvalue weighted by molar-refractivity contribution is 0.0703. The number of benzene rings is 2. The number of aromatic nitrogens is 3. The van der Waals surface area contributed by atoms with Gasteiger partial charge in [0.15, 0.2) is 0 Å². The van der Waals surface area contributed by atoms with Crippen LogP contribution in [-0.4, -0.2) is 45.4 Å². The van der Waals surface area contributed by atoms with Gasteiger partial charge in [-0.25, -0.2) is 9.48 Å². The number of likely N-dealkylation sites (tertiary alicyclic amines) is 1. The second-order valence-electron chi connectivity index (χ2n) is 7.65. The number of carbonyl (C=O) groups is 1. The number of ether oxygens (including phenoxy) is 1. The van der Waals surface area contributed by atoms with Crippen LogP contribution in [0.3, 0.4) is 0 Å². The van der Waals surface area contributed by atoms with E-state index in [0.29, 0.717) is 25.2 Å². The summed E-state index contributed by atoms with van der Waals surface area (Å²) in [7, 11) is 3.28. The summed E-state index contributed by atoms with van der Waals surface area (Å²) in [6, 6.07) is 17.1. The predicted molar refractivity (Wildman–Crippen MR) is 114 cm³/mol. The molecule has 7 heteroatoms. The van der Waals surface area contributed by atoms with Gasteiger partial charge >= 0.3 is 5.69 Å². The van der Waals surface area contributed by atoms with Gasteiger partial charge in [-0.1, -0.05) is 30.3 Å². The van der Waals surface area contributed by atoms with E-state index in [0.717, 1.165) is 30.0 Å². The molecule has 0 N–H and O–H groups in total. The van der Waals surface area contributed by atoms with E-state index < -0.39 is 0 Å². The lowest BCUT2D eigenvalue weighted by Gasteiger charge is -2.32. The molecule has 1 unspecified atom stereocenters. The van der Waals surface area contributed by atoms with E-state index in [1.54, 1.807) is 43.0 Å². The molecule has 0 radical (unpaired) electrons. The van der Waals surface area contributed by atoms with Gasteiger partial charge in [-0.3, -0.25) is 9.36 Å². The highest BCUT2D eigenvalue weighted by atomic mass is 16.5. The first kappa shape index (κ1) is 19.9. The van der Waals surface area contributed by atoms with Crippen LogP contribution in [0.4, 0.5) is 0 Å². The van der Waals surface area contributed by atoms with Crippen LogP contribution in [0, 0.1) is 0 Å². The predicted octanol–water partition coefficient (Wildman–Crippen LogP) is 2.66. The summed E-state index contributed by atoms with van der Waals surface area (Å²) < 4.78 is 8.31. The molecule has 1 aliphatic heterocycles. The zero-order chi connectivity index (χ0) is 21.1. The van der Waals surface area contributed by atoms with Crippen molar-refractivity contribution in [2.75, 3.05) is 20.2 Å². The first-order valence-corrected chi connectivity index (χ1v) is 10.2. The van der Waals surface area contributed by atoms with Crippen molar-refractivity contribution in [3.63, 3.8) is 0 Å². The monoisotopic (exact) mass is 406 g/mol. The average Bonchev–Trinajstić information content (AvgIpc) is 3.08. The number of rotatable bonds is 5. The molecule has 1 aliphatic rings. The normalized spacial score (nSPS) is 16.5. The average molecular weight is 406 g/mol. The molecule has 1 aromatic heterocycles. The van der Waals surface area contributed by atoms with Crippen molar-refractivity contribution in [1.29, 1.82) is 0 Å². The number of hydrogen-bond acceptors (Lipinski definition) is 4. The Balaban J connectivity index is 1.56. The molecule has 1 amide bonds. The van der Waals surface area contributed by atoms with Crippen molar-refractivity contribution in [3.8, 4) is 5.75 Å². The van der Waals surface area contributed by atoms with E-state index >= 15 is 0 Å². The maximum absolute atomic E-state index is 13.0. The Morgan fingerprint density at radius 1 is 1.13 bits per heavy atom. The Bertz CT molecular complexity index is 1070. The quantitative estimate of drug-likeness (QED) is 0.653. The van der Waals surface area contributed by atoms with Crippen molar-refractivity contribution in [2.24, 2.45) is 7.05 Å². The highest BCUT2D eigenvalue weighted by Crippen LogP contribution is 2.27. The fraction of sp³-hybridized carbons (Fsp3) is 0.348. The van der Waals surface area contributed by atoms with Gasteiger partial charge in [0.25, 0.3) is 5.91 Å². The summed E-state index contributed by atoms with van der Waals surface area (Å²) in [5, 5.41) is 4.53. The molecular formula is C23H26N4O3. The Hall–Kier alpha value is -3.35. The largest absolute Gasteiger partial charge is 0.497 e. The SMILES string of the molecule is COc1ccc(C(=O)N2CCCC(c3nn(C)c(=O)n3Cc3ccccc3)C2)cc1. The Morgan fingerprint density at radius 3 is 2.57 bits per heavy atom. The van der Waals surface area contributed by atoms with Crippen LogP contribution in [-0.2, 0) is 13.6 Å². The van der Waals surface area contributed by atoms with Gasteiger partial charge in [0.05, 0.1) is 13.7 Å². The molecule has 3 aromatic rings. The molecule has 156 valence electrons. The standard InChI is InChI=1S/C23H26N4O3/c1-25-23(29)27(15-17-7-4-3-5-8-17)21(24-25)19-9-6-14-26(16-19)22(28)18-10-12-20(30-2)13-11-18/h3-5,7-8,10-13,19H,6,9,14-16H2,1-2H3. The molecule has 0 bridgehead atoms. The maximum Gasteiger partial charge on any atom is 0.345 e. The number of carbonyl (C=O) groups excluding carboxylic acids is 1. The summed E-state index contributed by atoms with van der Waals surface area (Å²) >= 11 is 0. The van der Waals surface area contributed by atoms with Crippen molar-refractivity contribution < 1.29 is 9.53 Å². The van der Waals surface area contributed by atoms with E-state index in [4.69, 9.17) is 4.74 Å². The lowest BCUT2D eigenvalue weighted by Crippen LogP contribution is -2.40. The summed E-state index contributed by atoms with van der Waals surface area (Å²) in [6.45, 7) is 1.74. The van der Waals surface area contributed by atoms with Crippen molar-refractivity contribution >= 4 is 5.91 Å². The third-order valence-corrected chi connectivity index (χ3v) is 5.63. The first-order valence-electron chi connectivity index (χ1n) is 10.2. The number of aryl methyl sites for hydroxylation is 1.